The number of nitrogens with zero attached hydrogens (tertiary/aromatic N) is 4. The first kappa shape index (κ1) is 22.7. The van der Waals surface area contributed by atoms with Crippen molar-refractivity contribution in [3.8, 4) is 5.75 Å². The largest absolute Gasteiger partial charge is 0.482 e. The quantitative estimate of drug-likeness (QED) is 0.421. The molecule has 33 heavy (non-hydrogen) atoms. The van der Waals surface area contributed by atoms with E-state index in [9.17, 15) is 19.5 Å². The number of nitrogens with one attached hydrogen (secondary N) is 2. The standard InChI is InChI=1S/C22H28N6O5/c1-27(12-16-13-28(26-25-16)22(7-8-22)21(31)32)10-2-9-23-19(29)6-4-15-3-5-18-17(11-15)24-20(30)14-33-18/h3,5,11,13H,2,4,6-10,12,14H2,1H3,(H,23,29)(H,24,30)(H,31,32). The van der Waals surface area contributed by atoms with E-state index in [1.165, 1.54) is 4.68 Å². The normalized spacial score (nSPS) is 16.0. The smallest absolute Gasteiger partial charge is 0.331 e. The second-order valence-electron chi connectivity index (χ2n) is 8.60. The number of amides is 2. The van der Waals surface area contributed by atoms with Gasteiger partial charge in [-0.1, -0.05) is 11.3 Å². The van der Waals surface area contributed by atoms with E-state index in [-0.39, 0.29) is 18.4 Å². The summed E-state index contributed by atoms with van der Waals surface area (Å²) < 4.78 is 6.80. The van der Waals surface area contributed by atoms with Crippen molar-refractivity contribution in [2.45, 2.75) is 44.2 Å². The average Bonchev–Trinajstić information content (AvgIpc) is 3.48. The summed E-state index contributed by atoms with van der Waals surface area (Å²) in [6.45, 7) is 1.89. The van der Waals surface area contributed by atoms with Gasteiger partial charge in [0.05, 0.1) is 17.6 Å². The highest BCUT2D eigenvalue weighted by atomic mass is 16.5. The lowest BCUT2D eigenvalue weighted by atomic mass is 10.1. The number of hydrogen-bond acceptors (Lipinski definition) is 7. The lowest BCUT2D eigenvalue weighted by Gasteiger charge is -2.18. The summed E-state index contributed by atoms with van der Waals surface area (Å²) in [5.41, 5.74) is 1.41. The zero-order chi connectivity index (χ0) is 23.4. The molecule has 2 amide bonds. The Bertz CT molecular complexity index is 1050. The fraction of sp³-hybridized carbons (Fsp3) is 0.500. The molecule has 1 aromatic heterocycles. The molecule has 11 heteroatoms. The number of benzene rings is 1. The first-order chi connectivity index (χ1) is 15.9. The third kappa shape index (κ3) is 5.48. The number of rotatable bonds is 11. The molecular formula is C22H28N6O5. The molecule has 1 saturated carbocycles. The summed E-state index contributed by atoms with van der Waals surface area (Å²) in [5.74, 6) is -0.431. The van der Waals surface area contributed by atoms with Crippen LogP contribution in [0.4, 0.5) is 5.69 Å². The Kier molecular flexibility index (Phi) is 6.59. The molecule has 0 bridgehead atoms. The third-order valence-electron chi connectivity index (χ3n) is 5.89. The molecule has 0 radical (unpaired) electrons. The Balaban J connectivity index is 1.13. The average molecular weight is 457 g/mol. The van der Waals surface area contributed by atoms with E-state index in [1.54, 1.807) is 6.20 Å². The summed E-state index contributed by atoms with van der Waals surface area (Å²) in [6, 6.07) is 5.55. The number of carbonyl (C=O) groups is 3. The second kappa shape index (κ2) is 9.57. The van der Waals surface area contributed by atoms with Crippen LogP contribution in [0.1, 0.15) is 36.9 Å². The first-order valence-electron chi connectivity index (χ1n) is 11.0. The van der Waals surface area contributed by atoms with Crippen LogP contribution in [0, 0.1) is 0 Å². The molecule has 176 valence electrons. The summed E-state index contributed by atoms with van der Waals surface area (Å²) in [5, 5.41) is 23.1. The van der Waals surface area contributed by atoms with Gasteiger partial charge in [-0.05, 0) is 57.0 Å². The molecule has 1 aliphatic carbocycles. The highest BCUT2D eigenvalue weighted by Crippen LogP contribution is 2.43. The molecule has 2 heterocycles. The topological polar surface area (TPSA) is 139 Å². The first-order valence-corrected chi connectivity index (χ1v) is 11.0. The minimum atomic E-state index is -0.908. The number of aryl methyl sites for hydroxylation is 1. The number of aliphatic carboxylic acids is 1. The molecule has 1 fully saturated rings. The van der Waals surface area contributed by atoms with Crippen LogP contribution >= 0.6 is 0 Å². The Hall–Kier alpha value is -3.47. The van der Waals surface area contributed by atoms with Gasteiger partial charge < -0.3 is 25.4 Å². The number of ether oxygens (including phenoxy) is 1. The van der Waals surface area contributed by atoms with Crippen molar-refractivity contribution in [2.75, 3.05) is 32.1 Å². The van der Waals surface area contributed by atoms with E-state index >= 15 is 0 Å². The summed E-state index contributed by atoms with van der Waals surface area (Å²) in [7, 11) is 1.95. The van der Waals surface area contributed by atoms with Gasteiger partial charge in [0.25, 0.3) is 5.91 Å². The van der Waals surface area contributed by atoms with Crippen LogP contribution in [0.25, 0.3) is 0 Å². The molecule has 1 aromatic carbocycles. The monoisotopic (exact) mass is 456 g/mol. The van der Waals surface area contributed by atoms with Crippen molar-refractivity contribution in [1.82, 2.24) is 25.2 Å². The van der Waals surface area contributed by atoms with E-state index in [2.05, 4.69) is 25.8 Å². The lowest BCUT2D eigenvalue weighted by Crippen LogP contribution is -2.28. The molecule has 1 aliphatic heterocycles. The number of carboxylic acids is 1. The van der Waals surface area contributed by atoms with Crippen molar-refractivity contribution >= 4 is 23.5 Å². The Labute approximate surface area is 191 Å². The third-order valence-corrected chi connectivity index (χ3v) is 5.89. The van der Waals surface area contributed by atoms with Gasteiger partial charge in [0.15, 0.2) is 12.1 Å². The van der Waals surface area contributed by atoms with Gasteiger partial charge in [-0.25, -0.2) is 9.48 Å². The summed E-state index contributed by atoms with van der Waals surface area (Å²) in [4.78, 5) is 37.0. The molecule has 2 aromatic rings. The minimum absolute atomic E-state index is 0.0233. The lowest BCUT2D eigenvalue weighted by molar-refractivity contribution is -0.142. The maximum atomic E-state index is 12.2. The number of hydrogen-bond donors (Lipinski definition) is 3. The van der Waals surface area contributed by atoms with E-state index in [0.29, 0.717) is 50.2 Å². The highest BCUT2D eigenvalue weighted by molar-refractivity contribution is 5.95. The zero-order valence-corrected chi connectivity index (χ0v) is 18.5. The zero-order valence-electron chi connectivity index (χ0n) is 18.5. The highest BCUT2D eigenvalue weighted by Gasteiger charge is 2.53. The summed E-state index contributed by atoms with van der Waals surface area (Å²) in [6.07, 6.45) is 4.58. The van der Waals surface area contributed by atoms with Crippen molar-refractivity contribution in [2.24, 2.45) is 0 Å². The second-order valence-corrected chi connectivity index (χ2v) is 8.60. The predicted octanol–water partition coefficient (Wildman–Crippen LogP) is 0.754. The van der Waals surface area contributed by atoms with Crippen LogP contribution < -0.4 is 15.4 Å². The van der Waals surface area contributed by atoms with Crippen LogP contribution in [-0.2, 0) is 32.9 Å². The SMILES string of the molecule is CN(CCCNC(=O)CCc1ccc2c(c1)NC(=O)CO2)Cc1cn(C2(C(=O)O)CC2)nn1. The predicted molar refractivity (Wildman–Crippen MR) is 118 cm³/mol. The Morgan fingerprint density at radius 2 is 2.18 bits per heavy atom. The van der Waals surface area contributed by atoms with E-state index in [0.717, 1.165) is 24.2 Å². The van der Waals surface area contributed by atoms with Gasteiger partial charge in [-0.3, -0.25) is 9.59 Å². The van der Waals surface area contributed by atoms with Gasteiger partial charge in [-0.2, -0.15) is 0 Å². The van der Waals surface area contributed by atoms with Crippen molar-refractivity contribution < 1.29 is 24.2 Å². The molecular weight excluding hydrogens is 428 g/mol. The number of fused-ring (bicyclic) bond motifs is 1. The molecule has 2 aliphatic rings. The van der Waals surface area contributed by atoms with E-state index in [4.69, 9.17) is 4.74 Å². The van der Waals surface area contributed by atoms with Crippen LogP contribution in [0.15, 0.2) is 24.4 Å². The van der Waals surface area contributed by atoms with Crippen LogP contribution in [-0.4, -0.2) is 69.5 Å². The Morgan fingerprint density at radius 3 is 2.94 bits per heavy atom. The maximum absolute atomic E-state index is 12.2. The number of carbonyl (C=O) groups excluding carboxylic acids is 2. The molecule has 0 saturated heterocycles. The van der Waals surface area contributed by atoms with Gasteiger partial charge in [0.2, 0.25) is 5.91 Å². The van der Waals surface area contributed by atoms with Crippen LogP contribution in [0.5, 0.6) is 5.75 Å². The number of anilines is 1. The fourth-order valence-corrected chi connectivity index (χ4v) is 3.80. The van der Waals surface area contributed by atoms with Gasteiger partial charge in [0, 0.05) is 19.5 Å². The maximum Gasteiger partial charge on any atom is 0.331 e. The van der Waals surface area contributed by atoms with E-state index in [1.807, 2.05) is 25.2 Å². The molecule has 0 unspecified atom stereocenters. The van der Waals surface area contributed by atoms with Crippen LogP contribution in [0.2, 0.25) is 0 Å². The molecule has 3 N–H and O–H groups in total. The van der Waals surface area contributed by atoms with Crippen molar-refractivity contribution in [3.63, 3.8) is 0 Å². The fourth-order valence-electron chi connectivity index (χ4n) is 3.80. The summed E-state index contributed by atoms with van der Waals surface area (Å²) >= 11 is 0. The Morgan fingerprint density at radius 1 is 1.36 bits per heavy atom. The molecule has 11 nitrogen and oxygen atoms in total. The minimum Gasteiger partial charge on any atom is -0.482 e. The number of aromatic nitrogens is 3. The van der Waals surface area contributed by atoms with Gasteiger partial charge in [-0.15, -0.1) is 5.10 Å². The molecule has 0 atom stereocenters. The molecule has 4 rings (SSSR count). The molecule has 0 spiro atoms. The van der Waals surface area contributed by atoms with Crippen molar-refractivity contribution in [3.05, 3.63) is 35.7 Å². The van der Waals surface area contributed by atoms with Gasteiger partial charge >= 0.3 is 5.97 Å². The number of carboxylic acid groups (broad SMARTS) is 1. The van der Waals surface area contributed by atoms with Crippen LogP contribution in [0.3, 0.4) is 0 Å². The van der Waals surface area contributed by atoms with Crippen molar-refractivity contribution in [1.29, 1.82) is 0 Å². The van der Waals surface area contributed by atoms with Gasteiger partial charge in [0.1, 0.15) is 5.75 Å². The van der Waals surface area contributed by atoms with E-state index < -0.39 is 11.5 Å².